The number of ketones is 1. The normalized spacial score (nSPS) is 11.8. The molecule has 108 valence electrons. The maximum Gasteiger partial charge on any atom is 0.379 e. The summed E-state index contributed by atoms with van der Waals surface area (Å²) >= 11 is 3.51. The molecule has 0 amide bonds. The van der Waals surface area contributed by atoms with E-state index >= 15 is 0 Å². The summed E-state index contributed by atoms with van der Waals surface area (Å²) in [6.45, 7) is 2.05. The Balaban J connectivity index is 2.45. The molecule has 0 saturated heterocycles. The number of hydrogen-bond acceptors (Lipinski definition) is 3. The first kappa shape index (κ1) is 15.4. The van der Waals surface area contributed by atoms with Crippen molar-refractivity contribution in [2.24, 2.45) is 0 Å². The number of carbonyl (C=O) groups excluding carboxylic acids is 2. The molecule has 0 aliphatic rings. The summed E-state index contributed by atoms with van der Waals surface area (Å²) in [5.41, 5.74) is 3.11. The molecule has 0 bridgehead atoms. The Kier molecular flexibility index (Phi) is 4.91. The first-order chi connectivity index (χ1) is 10.0. The third kappa shape index (κ3) is 3.39. The van der Waals surface area contributed by atoms with E-state index in [0.29, 0.717) is 5.56 Å². The van der Waals surface area contributed by atoms with Crippen molar-refractivity contribution in [1.29, 1.82) is 0 Å². The highest BCUT2D eigenvalue weighted by atomic mass is 79.9. The van der Waals surface area contributed by atoms with E-state index in [4.69, 9.17) is 0 Å². The first-order valence-corrected chi connectivity index (χ1v) is 7.42. The van der Waals surface area contributed by atoms with Gasteiger partial charge in [0.1, 0.15) is 0 Å². The first-order valence-electron chi connectivity index (χ1n) is 6.50. The SMILES string of the molecule is COC(=O)C(=O)c1ccccc1-c1ccc(C(C)Br)cc1. The lowest BCUT2D eigenvalue weighted by molar-refractivity contribution is -0.135. The van der Waals surface area contributed by atoms with E-state index in [9.17, 15) is 9.59 Å². The van der Waals surface area contributed by atoms with Crippen LogP contribution in [0.1, 0.15) is 27.7 Å². The molecule has 0 radical (unpaired) electrons. The summed E-state index contributed by atoms with van der Waals surface area (Å²) in [6.07, 6.45) is 0. The van der Waals surface area contributed by atoms with Gasteiger partial charge >= 0.3 is 5.97 Å². The van der Waals surface area contributed by atoms with Crippen molar-refractivity contribution in [2.45, 2.75) is 11.8 Å². The molecule has 1 atom stereocenters. The van der Waals surface area contributed by atoms with Crippen LogP contribution in [0.4, 0.5) is 0 Å². The van der Waals surface area contributed by atoms with Crippen molar-refractivity contribution in [2.75, 3.05) is 7.11 Å². The fourth-order valence-corrected chi connectivity index (χ4v) is 2.37. The molecule has 2 rings (SSSR count). The zero-order chi connectivity index (χ0) is 15.4. The summed E-state index contributed by atoms with van der Waals surface area (Å²) in [7, 11) is 1.20. The molecular weight excluding hydrogens is 332 g/mol. The van der Waals surface area contributed by atoms with Crippen molar-refractivity contribution in [3.8, 4) is 11.1 Å². The van der Waals surface area contributed by atoms with Gasteiger partial charge < -0.3 is 4.74 Å². The minimum Gasteiger partial charge on any atom is -0.463 e. The maximum atomic E-state index is 12.1. The van der Waals surface area contributed by atoms with Crippen LogP contribution in [-0.2, 0) is 9.53 Å². The Morgan fingerprint density at radius 3 is 2.24 bits per heavy atom. The highest BCUT2D eigenvalue weighted by molar-refractivity contribution is 9.09. The summed E-state index contributed by atoms with van der Waals surface area (Å²) in [5, 5.41) is 0. The summed E-state index contributed by atoms with van der Waals surface area (Å²) < 4.78 is 4.51. The highest BCUT2D eigenvalue weighted by Gasteiger charge is 2.20. The van der Waals surface area contributed by atoms with E-state index in [1.54, 1.807) is 12.1 Å². The molecule has 1 unspecified atom stereocenters. The van der Waals surface area contributed by atoms with Crippen LogP contribution in [0.15, 0.2) is 48.5 Å². The number of hydrogen-bond donors (Lipinski definition) is 0. The number of carbonyl (C=O) groups is 2. The van der Waals surface area contributed by atoms with Crippen molar-refractivity contribution in [3.63, 3.8) is 0 Å². The van der Waals surface area contributed by atoms with Crippen molar-refractivity contribution in [3.05, 3.63) is 59.7 Å². The molecule has 0 fully saturated rings. The number of methoxy groups -OCH3 is 1. The predicted octanol–water partition coefficient (Wildman–Crippen LogP) is 4.17. The van der Waals surface area contributed by atoms with E-state index in [1.807, 2.05) is 43.3 Å². The zero-order valence-electron chi connectivity index (χ0n) is 11.8. The Bertz CT molecular complexity index is 660. The average Bonchev–Trinajstić information content (AvgIpc) is 2.53. The van der Waals surface area contributed by atoms with E-state index in [2.05, 4.69) is 20.7 Å². The molecule has 0 spiro atoms. The number of ether oxygens (including phenoxy) is 1. The van der Waals surface area contributed by atoms with E-state index < -0.39 is 11.8 Å². The smallest absolute Gasteiger partial charge is 0.379 e. The van der Waals surface area contributed by atoms with Crippen LogP contribution < -0.4 is 0 Å². The lowest BCUT2D eigenvalue weighted by Gasteiger charge is -2.09. The van der Waals surface area contributed by atoms with Gasteiger partial charge in [-0.05, 0) is 23.6 Å². The van der Waals surface area contributed by atoms with Gasteiger partial charge in [0.15, 0.2) is 0 Å². The van der Waals surface area contributed by atoms with Gasteiger partial charge in [0.2, 0.25) is 0 Å². The van der Waals surface area contributed by atoms with Gasteiger partial charge in [0.25, 0.3) is 5.78 Å². The molecule has 2 aromatic rings. The van der Waals surface area contributed by atoms with Crippen LogP contribution in [0.5, 0.6) is 0 Å². The van der Waals surface area contributed by atoms with Crippen LogP contribution in [0.3, 0.4) is 0 Å². The predicted molar refractivity (Wildman–Crippen MR) is 85.6 cm³/mol. The van der Waals surface area contributed by atoms with E-state index in [1.165, 1.54) is 7.11 Å². The molecule has 0 heterocycles. The molecule has 0 saturated carbocycles. The van der Waals surface area contributed by atoms with E-state index in [0.717, 1.165) is 16.7 Å². The molecule has 0 N–H and O–H groups in total. The van der Waals surface area contributed by atoms with Gasteiger partial charge in [-0.1, -0.05) is 64.5 Å². The lowest BCUT2D eigenvalue weighted by atomic mass is 9.96. The topological polar surface area (TPSA) is 43.4 Å². The Hall–Kier alpha value is -1.94. The lowest BCUT2D eigenvalue weighted by Crippen LogP contribution is -2.16. The maximum absolute atomic E-state index is 12.1. The molecular formula is C17H15BrO3. The monoisotopic (exact) mass is 346 g/mol. The van der Waals surface area contributed by atoms with Crippen molar-refractivity contribution < 1.29 is 14.3 Å². The van der Waals surface area contributed by atoms with Gasteiger partial charge in [-0.3, -0.25) is 4.79 Å². The Morgan fingerprint density at radius 2 is 1.67 bits per heavy atom. The van der Waals surface area contributed by atoms with Gasteiger partial charge in [-0.2, -0.15) is 0 Å². The second kappa shape index (κ2) is 6.68. The minimum absolute atomic E-state index is 0.262. The Labute approximate surface area is 132 Å². The number of Topliss-reactive ketones (excluding diaryl/α,β-unsaturated/α-hetero) is 1. The quantitative estimate of drug-likeness (QED) is 0.361. The number of benzene rings is 2. The molecule has 0 aliphatic heterocycles. The van der Waals surface area contributed by atoms with Crippen LogP contribution in [0, 0.1) is 0 Å². The standard InChI is InChI=1S/C17H15BrO3/c1-11(18)12-7-9-13(10-8-12)14-5-3-4-6-15(14)16(19)17(20)21-2/h3-11H,1-2H3. The number of rotatable bonds is 4. The van der Waals surface area contributed by atoms with Crippen LogP contribution in [-0.4, -0.2) is 18.9 Å². The molecule has 3 nitrogen and oxygen atoms in total. The van der Waals surface area contributed by atoms with Gasteiger partial charge in [-0.15, -0.1) is 0 Å². The zero-order valence-corrected chi connectivity index (χ0v) is 13.4. The molecule has 21 heavy (non-hydrogen) atoms. The van der Waals surface area contributed by atoms with Crippen LogP contribution >= 0.6 is 15.9 Å². The Morgan fingerprint density at radius 1 is 1.05 bits per heavy atom. The molecule has 0 aromatic heterocycles. The molecule has 2 aromatic carbocycles. The minimum atomic E-state index is -0.854. The van der Waals surface area contributed by atoms with Crippen LogP contribution in [0.25, 0.3) is 11.1 Å². The average molecular weight is 347 g/mol. The van der Waals surface area contributed by atoms with Crippen molar-refractivity contribution in [1.82, 2.24) is 0 Å². The van der Waals surface area contributed by atoms with Gasteiger partial charge in [-0.25, -0.2) is 4.79 Å². The highest BCUT2D eigenvalue weighted by Crippen LogP contribution is 2.28. The second-order valence-corrected chi connectivity index (χ2v) is 5.98. The third-order valence-corrected chi connectivity index (χ3v) is 3.75. The largest absolute Gasteiger partial charge is 0.463 e. The van der Waals surface area contributed by atoms with Crippen molar-refractivity contribution >= 4 is 27.7 Å². The fraction of sp³-hybridized carbons (Fsp3) is 0.176. The molecule has 4 heteroatoms. The summed E-state index contributed by atoms with van der Waals surface area (Å²) in [6, 6.07) is 14.9. The van der Waals surface area contributed by atoms with Gasteiger partial charge in [0.05, 0.1) is 7.11 Å². The summed E-state index contributed by atoms with van der Waals surface area (Å²) in [5.74, 6) is -1.49. The fourth-order valence-electron chi connectivity index (χ4n) is 2.06. The van der Waals surface area contributed by atoms with E-state index in [-0.39, 0.29) is 4.83 Å². The number of halogens is 1. The summed E-state index contributed by atoms with van der Waals surface area (Å²) in [4.78, 5) is 23.8. The van der Waals surface area contributed by atoms with Crippen LogP contribution in [0.2, 0.25) is 0 Å². The number of esters is 1. The van der Waals surface area contributed by atoms with Gasteiger partial charge in [0, 0.05) is 10.4 Å². The second-order valence-electron chi connectivity index (χ2n) is 4.60. The third-order valence-electron chi connectivity index (χ3n) is 3.22. The number of alkyl halides is 1. The molecule has 0 aliphatic carbocycles.